The van der Waals surface area contributed by atoms with Crippen LogP contribution in [0.5, 0.6) is 0 Å². The number of carbonyl (C=O) groups excluding carboxylic acids is 1. The summed E-state index contributed by atoms with van der Waals surface area (Å²) in [4.78, 5) is 12.1. The number of carbonyl (C=O) groups is 1. The highest BCUT2D eigenvalue weighted by molar-refractivity contribution is 7.91. The lowest BCUT2D eigenvalue weighted by molar-refractivity contribution is -0.117. The van der Waals surface area contributed by atoms with Gasteiger partial charge in [0.05, 0.1) is 16.7 Å². The van der Waals surface area contributed by atoms with Crippen LogP contribution in [0.25, 0.3) is 0 Å². The van der Waals surface area contributed by atoms with Crippen molar-refractivity contribution in [3.63, 3.8) is 0 Å². The molecule has 0 bridgehead atoms. The van der Waals surface area contributed by atoms with Crippen molar-refractivity contribution in [1.82, 2.24) is 0 Å². The van der Waals surface area contributed by atoms with Crippen molar-refractivity contribution in [3.8, 4) is 0 Å². The number of nitrogens with one attached hydrogen (secondary N) is 1. The molecule has 0 heterocycles. The van der Waals surface area contributed by atoms with Gasteiger partial charge in [-0.05, 0) is 30.7 Å². The van der Waals surface area contributed by atoms with Crippen molar-refractivity contribution in [3.05, 3.63) is 24.3 Å². The molecule has 112 valence electrons. The third-order valence-corrected chi connectivity index (χ3v) is 4.82. The maximum absolute atomic E-state index is 11.8. The molecule has 0 spiro atoms. The lowest BCUT2D eigenvalue weighted by Gasteiger charge is -2.12. The number of hydrogen-bond donors (Lipinski definition) is 2. The van der Waals surface area contributed by atoms with Gasteiger partial charge >= 0.3 is 0 Å². The first-order valence-corrected chi connectivity index (χ1v) is 8.45. The zero-order chi connectivity index (χ0) is 15.2. The molecule has 1 unspecified atom stereocenters. The number of benzene rings is 1. The summed E-state index contributed by atoms with van der Waals surface area (Å²) in [5, 5.41) is 2.69. The summed E-state index contributed by atoms with van der Waals surface area (Å²) in [7, 11) is -3.21. The van der Waals surface area contributed by atoms with Crippen molar-refractivity contribution in [2.45, 2.75) is 44.0 Å². The maximum atomic E-state index is 11.8. The van der Waals surface area contributed by atoms with Gasteiger partial charge in [0.15, 0.2) is 9.84 Å². The van der Waals surface area contributed by atoms with E-state index >= 15 is 0 Å². The third-order valence-electron chi connectivity index (χ3n) is 3.07. The summed E-state index contributed by atoms with van der Waals surface area (Å²) in [6.45, 7) is 3.63. The Morgan fingerprint density at radius 2 is 1.85 bits per heavy atom. The van der Waals surface area contributed by atoms with Crippen LogP contribution in [0.2, 0.25) is 0 Å². The largest absolute Gasteiger partial charge is 0.325 e. The average Bonchev–Trinajstić information content (AvgIpc) is 2.45. The van der Waals surface area contributed by atoms with E-state index in [1.165, 1.54) is 12.1 Å². The molecule has 0 aromatic heterocycles. The van der Waals surface area contributed by atoms with Crippen molar-refractivity contribution >= 4 is 21.4 Å². The van der Waals surface area contributed by atoms with Gasteiger partial charge < -0.3 is 11.1 Å². The fourth-order valence-electron chi connectivity index (χ4n) is 1.70. The van der Waals surface area contributed by atoms with Crippen LogP contribution < -0.4 is 11.1 Å². The number of sulfone groups is 1. The van der Waals surface area contributed by atoms with E-state index in [9.17, 15) is 13.2 Å². The fraction of sp³-hybridized carbons (Fsp3) is 0.500. The standard InChI is InChI=1S/C14H22N2O3S/c1-3-5-6-13(15)14(17)16-11-7-9-12(10-8-11)20(18,19)4-2/h7-10,13H,3-6,15H2,1-2H3,(H,16,17). The van der Waals surface area contributed by atoms with Crippen molar-refractivity contribution < 1.29 is 13.2 Å². The molecule has 0 aliphatic rings. The molecular formula is C14H22N2O3S. The molecule has 5 nitrogen and oxygen atoms in total. The van der Waals surface area contributed by atoms with Gasteiger partial charge in [0.25, 0.3) is 0 Å². The van der Waals surface area contributed by atoms with Crippen LogP contribution in [0.4, 0.5) is 5.69 Å². The quantitative estimate of drug-likeness (QED) is 0.805. The number of unbranched alkanes of at least 4 members (excludes halogenated alkanes) is 1. The van der Waals surface area contributed by atoms with Crippen molar-refractivity contribution in [2.75, 3.05) is 11.1 Å². The van der Waals surface area contributed by atoms with Crippen LogP contribution >= 0.6 is 0 Å². The monoisotopic (exact) mass is 298 g/mol. The van der Waals surface area contributed by atoms with Gasteiger partial charge in [-0.15, -0.1) is 0 Å². The SMILES string of the molecule is CCCCC(N)C(=O)Nc1ccc(S(=O)(=O)CC)cc1. The van der Waals surface area contributed by atoms with E-state index < -0.39 is 15.9 Å². The first-order chi connectivity index (χ1) is 9.40. The second-order valence-electron chi connectivity index (χ2n) is 4.67. The lowest BCUT2D eigenvalue weighted by Crippen LogP contribution is -2.35. The first-order valence-electron chi connectivity index (χ1n) is 6.80. The summed E-state index contributed by atoms with van der Waals surface area (Å²) < 4.78 is 23.3. The van der Waals surface area contributed by atoms with Gasteiger partial charge in [0.1, 0.15) is 0 Å². The molecule has 1 aromatic rings. The molecule has 0 saturated carbocycles. The molecular weight excluding hydrogens is 276 g/mol. The number of amides is 1. The number of nitrogens with two attached hydrogens (primary N) is 1. The average molecular weight is 298 g/mol. The predicted octanol–water partition coefficient (Wildman–Crippen LogP) is 1.94. The second kappa shape index (κ2) is 7.40. The highest BCUT2D eigenvalue weighted by Crippen LogP contribution is 2.15. The second-order valence-corrected chi connectivity index (χ2v) is 6.94. The van der Waals surface area contributed by atoms with Gasteiger partial charge in [-0.3, -0.25) is 4.79 Å². The van der Waals surface area contributed by atoms with Crippen LogP contribution in [-0.4, -0.2) is 26.1 Å². The lowest BCUT2D eigenvalue weighted by atomic mass is 10.1. The molecule has 0 aliphatic carbocycles. The smallest absolute Gasteiger partial charge is 0.241 e. The Bertz CT molecular complexity index is 538. The summed E-state index contributed by atoms with van der Waals surface area (Å²) in [5.41, 5.74) is 6.32. The van der Waals surface area contributed by atoms with Crippen LogP contribution in [0.1, 0.15) is 33.1 Å². The first kappa shape index (κ1) is 16.7. The minimum atomic E-state index is -3.21. The number of rotatable bonds is 7. The Kier molecular flexibility index (Phi) is 6.16. The van der Waals surface area contributed by atoms with Gasteiger partial charge in [-0.25, -0.2) is 8.42 Å². The molecule has 0 saturated heterocycles. The molecule has 3 N–H and O–H groups in total. The fourth-order valence-corrected chi connectivity index (χ4v) is 2.59. The van der Waals surface area contributed by atoms with Crippen molar-refractivity contribution in [1.29, 1.82) is 0 Å². The maximum Gasteiger partial charge on any atom is 0.241 e. The van der Waals surface area contributed by atoms with E-state index in [4.69, 9.17) is 5.73 Å². The van der Waals surface area contributed by atoms with E-state index in [-0.39, 0.29) is 16.6 Å². The number of anilines is 1. The normalized spacial score (nSPS) is 12.9. The van der Waals surface area contributed by atoms with E-state index in [0.29, 0.717) is 12.1 Å². The zero-order valence-electron chi connectivity index (χ0n) is 11.9. The van der Waals surface area contributed by atoms with E-state index in [1.807, 2.05) is 6.92 Å². The van der Waals surface area contributed by atoms with Gasteiger partial charge in [-0.2, -0.15) is 0 Å². The summed E-state index contributed by atoms with van der Waals surface area (Å²) >= 11 is 0. The van der Waals surface area contributed by atoms with Crippen LogP contribution in [-0.2, 0) is 14.6 Å². The molecule has 6 heteroatoms. The Balaban J connectivity index is 2.68. The molecule has 1 atom stereocenters. The van der Waals surface area contributed by atoms with Crippen molar-refractivity contribution in [2.24, 2.45) is 5.73 Å². The molecule has 0 aliphatic heterocycles. The predicted molar refractivity (Wildman–Crippen MR) is 80.3 cm³/mol. The van der Waals surface area contributed by atoms with E-state index in [0.717, 1.165) is 12.8 Å². The van der Waals surface area contributed by atoms with Crippen LogP contribution in [0.15, 0.2) is 29.2 Å². The van der Waals surface area contributed by atoms with E-state index in [2.05, 4.69) is 5.32 Å². The highest BCUT2D eigenvalue weighted by Gasteiger charge is 2.14. The topological polar surface area (TPSA) is 89.3 Å². The minimum absolute atomic E-state index is 0.0561. The Morgan fingerprint density at radius 3 is 2.35 bits per heavy atom. The van der Waals surface area contributed by atoms with Gasteiger partial charge in [0.2, 0.25) is 5.91 Å². The minimum Gasteiger partial charge on any atom is -0.325 e. The summed E-state index contributed by atoms with van der Waals surface area (Å²) in [6, 6.07) is 5.60. The van der Waals surface area contributed by atoms with Crippen LogP contribution in [0, 0.1) is 0 Å². The zero-order valence-corrected chi connectivity index (χ0v) is 12.7. The molecule has 1 aromatic carbocycles. The van der Waals surface area contributed by atoms with Gasteiger partial charge in [0, 0.05) is 5.69 Å². The Labute approximate surface area is 120 Å². The molecule has 20 heavy (non-hydrogen) atoms. The summed E-state index contributed by atoms with van der Waals surface area (Å²) in [5.74, 6) is -0.190. The van der Waals surface area contributed by atoms with E-state index in [1.54, 1.807) is 19.1 Å². The highest BCUT2D eigenvalue weighted by atomic mass is 32.2. The molecule has 1 rings (SSSR count). The molecule has 0 fully saturated rings. The number of hydrogen-bond acceptors (Lipinski definition) is 4. The molecule has 0 radical (unpaired) electrons. The molecule has 1 amide bonds. The summed E-state index contributed by atoms with van der Waals surface area (Å²) in [6.07, 6.45) is 2.54. The Morgan fingerprint density at radius 1 is 1.25 bits per heavy atom. The third kappa shape index (κ3) is 4.61. The van der Waals surface area contributed by atoms with Crippen LogP contribution in [0.3, 0.4) is 0 Å². The van der Waals surface area contributed by atoms with Gasteiger partial charge in [-0.1, -0.05) is 26.7 Å². The Hall–Kier alpha value is -1.40.